The van der Waals surface area contributed by atoms with Crippen molar-refractivity contribution in [2.24, 2.45) is 0 Å². The standard InChI is InChI=1S/C13H15N3OS/c1-2-4-11(5-3-1)13-15-14-12(17-13)10-16-6-8-18-9-7-16/h1-5H,6-10H2. The molecule has 1 aliphatic rings. The number of hydrogen-bond donors (Lipinski definition) is 0. The Labute approximate surface area is 110 Å². The molecule has 94 valence electrons. The molecule has 1 aliphatic heterocycles. The Balaban J connectivity index is 1.69. The van der Waals surface area contributed by atoms with Crippen molar-refractivity contribution >= 4 is 11.8 Å². The highest BCUT2D eigenvalue weighted by atomic mass is 32.2. The minimum Gasteiger partial charge on any atom is -0.419 e. The van der Waals surface area contributed by atoms with Crippen LogP contribution in [0.15, 0.2) is 34.7 Å². The molecule has 0 radical (unpaired) electrons. The monoisotopic (exact) mass is 261 g/mol. The first-order valence-electron chi connectivity index (χ1n) is 6.10. The van der Waals surface area contributed by atoms with Crippen molar-refractivity contribution in [1.82, 2.24) is 15.1 Å². The van der Waals surface area contributed by atoms with Crippen LogP contribution < -0.4 is 0 Å². The molecule has 0 N–H and O–H groups in total. The molecule has 0 unspecified atom stereocenters. The predicted octanol–water partition coefficient (Wildman–Crippen LogP) is 2.29. The fraction of sp³-hybridized carbons (Fsp3) is 0.385. The number of rotatable bonds is 3. The SMILES string of the molecule is c1ccc(-c2nnc(CN3CCSCC3)o2)cc1. The lowest BCUT2D eigenvalue weighted by Crippen LogP contribution is -2.32. The summed E-state index contributed by atoms with van der Waals surface area (Å²) in [4.78, 5) is 2.36. The highest BCUT2D eigenvalue weighted by Gasteiger charge is 2.15. The highest BCUT2D eigenvalue weighted by molar-refractivity contribution is 7.99. The van der Waals surface area contributed by atoms with Crippen LogP contribution in [0.2, 0.25) is 0 Å². The van der Waals surface area contributed by atoms with Crippen molar-refractivity contribution in [2.75, 3.05) is 24.6 Å². The zero-order chi connectivity index (χ0) is 12.2. The quantitative estimate of drug-likeness (QED) is 0.848. The average Bonchev–Trinajstić information content (AvgIpc) is 2.89. The van der Waals surface area contributed by atoms with E-state index in [9.17, 15) is 0 Å². The average molecular weight is 261 g/mol. The molecule has 0 amide bonds. The minimum absolute atomic E-state index is 0.608. The molecular weight excluding hydrogens is 246 g/mol. The largest absolute Gasteiger partial charge is 0.419 e. The smallest absolute Gasteiger partial charge is 0.247 e. The van der Waals surface area contributed by atoms with E-state index in [0.29, 0.717) is 11.8 Å². The van der Waals surface area contributed by atoms with E-state index in [4.69, 9.17) is 4.42 Å². The van der Waals surface area contributed by atoms with Crippen molar-refractivity contribution in [3.63, 3.8) is 0 Å². The Morgan fingerprint density at radius 1 is 1.11 bits per heavy atom. The summed E-state index contributed by atoms with van der Waals surface area (Å²) in [5, 5.41) is 8.22. The van der Waals surface area contributed by atoms with Gasteiger partial charge in [-0.3, -0.25) is 4.90 Å². The van der Waals surface area contributed by atoms with Gasteiger partial charge in [-0.05, 0) is 12.1 Å². The van der Waals surface area contributed by atoms with Crippen molar-refractivity contribution in [3.05, 3.63) is 36.2 Å². The molecule has 0 spiro atoms. The second kappa shape index (κ2) is 5.54. The van der Waals surface area contributed by atoms with Crippen LogP contribution in [-0.2, 0) is 6.54 Å². The normalized spacial score (nSPS) is 16.9. The maximum Gasteiger partial charge on any atom is 0.247 e. The number of hydrogen-bond acceptors (Lipinski definition) is 5. The van der Waals surface area contributed by atoms with E-state index in [-0.39, 0.29) is 0 Å². The maximum absolute atomic E-state index is 5.70. The van der Waals surface area contributed by atoms with Gasteiger partial charge in [0.1, 0.15) is 0 Å². The van der Waals surface area contributed by atoms with Crippen LogP contribution in [0.25, 0.3) is 11.5 Å². The van der Waals surface area contributed by atoms with Crippen LogP contribution in [0.5, 0.6) is 0 Å². The van der Waals surface area contributed by atoms with Gasteiger partial charge in [0.2, 0.25) is 11.8 Å². The zero-order valence-electron chi connectivity index (χ0n) is 10.1. The number of nitrogens with zero attached hydrogens (tertiary/aromatic N) is 3. The third kappa shape index (κ3) is 2.73. The summed E-state index contributed by atoms with van der Waals surface area (Å²) in [7, 11) is 0. The van der Waals surface area contributed by atoms with Gasteiger partial charge in [-0.25, -0.2) is 0 Å². The van der Waals surface area contributed by atoms with Crippen molar-refractivity contribution in [1.29, 1.82) is 0 Å². The minimum atomic E-state index is 0.608. The third-order valence-corrected chi connectivity index (χ3v) is 3.89. The van der Waals surface area contributed by atoms with E-state index in [2.05, 4.69) is 15.1 Å². The third-order valence-electron chi connectivity index (χ3n) is 2.95. The fourth-order valence-electron chi connectivity index (χ4n) is 1.97. The molecule has 18 heavy (non-hydrogen) atoms. The van der Waals surface area contributed by atoms with Crippen molar-refractivity contribution in [2.45, 2.75) is 6.54 Å². The molecule has 1 aromatic carbocycles. The molecule has 2 aromatic rings. The molecule has 1 aromatic heterocycles. The van der Waals surface area contributed by atoms with E-state index in [1.165, 1.54) is 11.5 Å². The number of thioether (sulfide) groups is 1. The summed E-state index contributed by atoms with van der Waals surface area (Å²) >= 11 is 2.00. The molecule has 1 fully saturated rings. The predicted molar refractivity (Wildman–Crippen MR) is 72.3 cm³/mol. The Morgan fingerprint density at radius 3 is 2.67 bits per heavy atom. The van der Waals surface area contributed by atoms with Gasteiger partial charge in [-0.1, -0.05) is 18.2 Å². The Bertz CT molecular complexity index is 494. The number of aromatic nitrogens is 2. The summed E-state index contributed by atoms with van der Waals surface area (Å²) in [6.45, 7) is 2.97. The van der Waals surface area contributed by atoms with Crippen molar-refractivity contribution < 1.29 is 4.42 Å². The van der Waals surface area contributed by atoms with Crippen LogP contribution in [0.4, 0.5) is 0 Å². The van der Waals surface area contributed by atoms with Gasteiger partial charge in [0.25, 0.3) is 0 Å². The van der Waals surface area contributed by atoms with Gasteiger partial charge >= 0.3 is 0 Å². The Hall–Kier alpha value is -1.33. The van der Waals surface area contributed by atoms with Gasteiger partial charge < -0.3 is 4.42 Å². The summed E-state index contributed by atoms with van der Waals surface area (Å²) in [6, 6.07) is 9.89. The van der Waals surface area contributed by atoms with Crippen LogP contribution in [-0.4, -0.2) is 39.7 Å². The first-order valence-corrected chi connectivity index (χ1v) is 7.25. The Morgan fingerprint density at radius 2 is 1.89 bits per heavy atom. The second-order valence-corrected chi connectivity index (χ2v) is 5.48. The fourth-order valence-corrected chi connectivity index (χ4v) is 2.94. The van der Waals surface area contributed by atoms with Crippen molar-refractivity contribution in [3.8, 4) is 11.5 Å². The van der Waals surface area contributed by atoms with Gasteiger partial charge in [0.05, 0.1) is 6.54 Å². The first kappa shape index (κ1) is 11.7. The lowest BCUT2D eigenvalue weighted by atomic mass is 10.2. The van der Waals surface area contributed by atoms with Gasteiger partial charge in [0, 0.05) is 30.2 Å². The molecule has 2 heterocycles. The van der Waals surface area contributed by atoms with Gasteiger partial charge in [-0.2, -0.15) is 11.8 Å². The highest BCUT2D eigenvalue weighted by Crippen LogP contribution is 2.18. The van der Waals surface area contributed by atoms with Crippen LogP contribution >= 0.6 is 11.8 Å². The molecule has 1 saturated heterocycles. The first-order chi connectivity index (χ1) is 8.92. The van der Waals surface area contributed by atoms with E-state index in [1.807, 2.05) is 42.1 Å². The van der Waals surface area contributed by atoms with Gasteiger partial charge in [0.15, 0.2) is 0 Å². The molecule has 0 bridgehead atoms. The van der Waals surface area contributed by atoms with E-state index in [0.717, 1.165) is 25.2 Å². The molecule has 5 heteroatoms. The van der Waals surface area contributed by atoms with E-state index < -0.39 is 0 Å². The van der Waals surface area contributed by atoms with E-state index >= 15 is 0 Å². The lowest BCUT2D eigenvalue weighted by Gasteiger charge is -2.24. The van der Waals surface area contributed by atoms with Crippen LogP contribution in [0.1, 0.15) is 5.89 Å². The molecular formula is C13H15N3OS. The molecule has 0 aliphatic carbocycles. The summed E-state index contributed by atoms with van der Waals surface area (Å²) in [6.07, 6.45) is 0. The summed E-state index contributed by atoms with van der Waals surface area (Å²) < 4.78 is 5.70. The molecule has 0 atom stereocenters. The van der Waals surface area contributed by atoms with E-state index in [1.54, 1.807) is 0 Å². The topological polar surface area (TPSA) is 42.2 Å². The molecule has 3 rings (SSSR count). The second-order valence-electron chi connectivity index (χ2n) is 4.26. The van der Waals surface area contributed by atoms with Crippen LogP contribution in [0.3, 0.4) is 0 Å². The summed E-state index contributed by atoms with van der Waals surface area (Å²) in [5.41, 5.74) is 0.977. The maximum atomic E-state index is 5.70. The zero-order valence-corrected chi connectivity index (χ0v) is 10.9. The number of benzene rings is 1. The summed E-state index contributed by atoms with van der Waals surface area (Å²) in [5.74, 6) is 3.71. The van der Waals surface area contributed by atoms with Gasteiger partial charge in [-0.15, -0.1) is 10.2 Å². The molecule has 0 saturated carbocycles. The van der Waals surface area contributed by atoms with Crippen LogP contribution in [0, 0.1) is 0 Å². The lowest BCUT2D eigenvalue weighted by molar-refractivity contribution is 0.263. The molecule has 4 nitrogen and oxygen atoms in total. The Kier molecular flexibility index (Phi) is 3.61.